The third kappa shape index (κ3) is 10.3. The van der Waals surface area contributed by atoms with Gasteiger partial charge >= 0.3 is 0 Å². The van der Waals surface area contributed by atoms with Gasteiger partial charge in [-0.3, -0.25) is 4.79 Å². The van der Waals surface area contributed by atoms with Crippen molar-refractivity contribution in [3.63, 3.8) is 0 Å². The Morgan fingerprint density at radius 3 is 2.19 bits per heavy atom. The molecular formula is C43H56IrNO2-. The van der Waals surface area contributed by atoms with Gasteiger partial charge in [0.15, 0.2) is 5.78 Å². The number of nitrogens with zero attached hydrogens (tertiary/aromatic N) is 1. The smallest absolute Gasteiger partial charge is 0.162 e. The molecule has 1 atom stereocenters. The van der Waals surface area contributed by atoms with Crippen LogP contribution in [0.5, 0.6) is 0 Å². The number of hydrogen-bond acceptors (Lipinski definition) is 3. The average Bonchev–Trinajstić information content (AvgIpc) is 3.56. The van der Waals surface area contributed by atoms with Gasteiger partial charge in [0, 0.05) is 44.2 Å². The Morgan fingerprint density at radius 2 is 1.55 bits per heavy atom. The molecule has 4 aromatic rings. The molecular weight excluding hydrogens is 755 g/mol. The summed E-state index contributed by atoms with van der Waals surface area (Å²) in [6.45, 7) is 15.3. The Bertz CT molecular complexity index is 1580. The maximum absolute atomic E-state index is 12.3. The minimum absolute atomic E-state index is 0. The van der Waals surface area contributed by atoms with Crippen molar-refractivity contribution in [2.45, 2.75) is 106 Å². The zero-order valence-electron chi connectivity index (χ0n) is 29.7. The Balaban J connectivity index is 0.000000276. The van der Waals surface area contributed by atoms with E-state index in [1.54, 1.807) is 0 Å². The van der Waals surface area contributed by atoms with E-state index in [1.165, 1.54) is 64.4 Å². The number of allylic oxidation sites excluding steroid dienone is 2. The molecule has 1 unspecified atom stereocenters. The Labute approximate surface area is 298 Å². The summed E-state index contributed by atoms with van der Waals surface area (Å²) in [5, 5.41) is 15.0. The number of aliphatic hydroxyl groups is 1. The zero-order chi connectivity index (χ0) is 33.2. The summed E-state index contributed by atoms with van der Waals surface area (Å²) >= 11 is 0. The standard InChI is InChI=1S/C27H28N.C16H28O2.Ir/c1-18(2)13-20-15-21(14-19(3)4)17-23(16-20)27-26-10-9-22-7-5-6-8-24(22)25(26)11-12-28-27;1-4-12(5-2)15(17)11-16(18)14(6-3)13-9-7-8-10-13;/h5-12,15-16,18-19H,13-14H2,1-4H3;11-14,17H,4-10H2,1-3H3;/q-1;;/b;15-11-;. The summed E-state index contributed by atoms with van der Waals surface area (Å²) in [4.78, 5) is 17.1. The number of ketones is 1. The summed E-state index contributed by atoms with van der Waals surface area (Å²) in [7, 11) is 0. The topological polar surface area (TPSA) is 50.2 Å². The average molecular weight is 811 g/mol. The van der Waals surface area contributed by atoms with Gasteiger partial charge in [-0.2, -0.15) is 0 Å². The van der Waals surface area contributed by atoms with E-state index < -0.39 is 0 Å². The molecule has 1 N–H and O–H groups in total. The summed E-state index contributed by atoms with van der Waals surface area (Å²) in [5.74, 6) is 2.51. The van der Waals surface area contributed by atoms with E-state index in [0.29, 0.717) is 23.5 Å². The summed E-state index contributed by atoms with van der Waals surface area (Å²) < 4.78 is 0. The number of hydrogen-bond donors (Lipinski definition) is 1. The van der Waals surface area contributed by atoms with Crippen LogP contribution in [0.25, 0.3) is 32.8 Å². The van der Waals surface area contributed by atoms with Crippen molar-refractivity contribution in [3.8, 4) is 11.3 Å². The van der Waals surface area contributed by atoms with Crippen LogP contribution >= 0.6 is 0 Å². The molecule has 1 aromatic heterocycles. The van der Waals surface area contributed by atoms with Crippen molar-refractivity contribution >= 4 is 27.3 Å². The number of carbonyl (C=O) groups excluding carboxylic acids is 1. The van der Waals surface area contributed by atoms with Gasteiger partial charge < -0.3 is 10.1 Å². The predicted molar refractivity (Wildman–Crippen MR) is 196 cm³/mol. The van der Waals surface area contributed by atoms with Crippen molar-refractivity contribution in [2.75, 3.05) is 0 Å². The zero-order valence-corrected chi connectivity index (χ0v) is 32.1. The largest absolute Gasteiger partial charge is 0.512 e. The number of pyridine rings is 1. The number of rotatable bonds is 12. The fourth-order valence-electron chi connectivity index (χ4n) is 7.32. The fourth-order valence-corrected chi connectivity index (χ4v) is 7.32. The molecule has 5 rings (SSSR count). The Hall–Kier alpha value is -2.81. The molecule has 47 heavy (non-hydrogen) atoms. The van der Waals surface area contributed by atoms with Crippen molar-refractivity contribution in [3.05, 3.63) is 89.8 Å². The van der Waals surface area contributed by atoms with E-state index in [1.807, 2.05) is 6.20 Å². The maximum Gasteiger partial charge on any atom is 0.162 e. The molecule has 4 heteroatoms. The van der Waals surface area contributed by atoms with E-state index in [4.69, 9.17) is 4.98 Å². The monoisotopic (exact) mass is 811 g/mol. The first kappa shape index (κ1) is 38.6. The van der Waals surface area contributed by atoms with Crippen molar-refractivity contribution in [2.24, 2.45) is 29.6 Å². The van der Waals surface area contributed by atoms with Gasteiger partial charge in [-0.25, -0.2) is 0 Å². The van der Waals surface area contributed by atoms with Crippen LogP contribution in [0.2, 0.25) is 0 Å². The molecule has 3 aromatic carbocycles. The third-order valence-electron chi connectivity index (χ3n) is 9.65. The van der Waals surface area contributed by atoms with Crippen LogP contribution in [0.4, 0.5) is 0 Å². The molecule has 1 aliphatic rings. The molecule has 0 amide bonds. The first-order chi connectivity index (χ1) is 22.1. The molecule has 1 heterocycles. The van der Waals surface area contributed by atoms with Crippen molar-refractivity contribution in [1.29, 1.82) is 0 Å². The number of fused-ring (bicyclic) bond motifs is 3. The molecule has 1 saturated carbocycles. The molecule has 0 spiro atoms. The normalized spacial score (nSPS) is 14.5. The van der Waals surface area contributed by atoms with E-state index in [9.17, 15) is 9.90 Å². The van der Waals surface area contributed by atoms with E-state index >= 15 is 0 Å². The van der Waals surface area contributed by atoms with Crippen LogP contribution in [0.3, 0.4) is 0 Å². The Morgan fingerprint density at radius 1 is 0.872 bits per heavy atom. The second-order valence-electron chi connectivity index (χ2n) is 14.2. The number of carbonyl (C=O) groups is 1. The molecule has 0 bridgehead atoms. The number of benzene rings is 3. The third-order valence-corrected chi connectivity index (χ3v) is 9.65. The van der Waals surface area contributed by atoms with Crippen molar-refractivity contribution in [1.82, 2.24) is 4.98 Å². The molecule has 255 valence electrons. The van der Waals surface area contributed by atoms with Gasteiger partial charge in [0.05, 0.1) is 5.76 Å². The first-order valence-corrected chi connectivity index (χ1v) is 17.9. The van der Waals surface area contributed by atoms with Gasteiger partial charge in [0.1, 0.15) is 0 Å². The van der Waals surface area contributed by atoms with Gasteiger partial charge in [-0.1, -0.05) is 97.7 Å². The minimum Gasteiger partial charge on any atom is -0.512 e. The quantitative estimate of drug-likeness (QED) is 0.0671. The summed E-state index contributed by atoms with van der Waals surface area (Å²) in [6.07, 6.45) is 13.2. The van der Waals surface area contributed by atoms with Crippen LogP contribution < -0.4 is 0 Å². The van der Waals surface area contributed by atoms with Gasteiger partial charge in [0.2, 0.25) is 0 Å². The number of aliphatic hydroxyl groups excluding tert-OH is 1. The van der Waals surface area contributed by atoms with Gasteiger partial charge in [-0.15, -0.1) is 34.9 Å². The first-order valence-electron chi connectivity index (χ1n) is 17.9. The van der Waals surface area contributed by atoms with Gasteiger partial charge in [-0.05, 0) is 96.0 Å². The summed E-state index contributed by atoms with van der Waals surface area (Å²) in [5.41, 5.74) is 4.84. The van der Waals surface area contributed by atoms with E-state index in [0.717, 1.165) is 43.4 Å². The van der Waals surface area contributed by atoms with Crippen LogP contribution in [0.1, 0.15) is 105 Å². The van der Waals surface area contributed by atoms with E-state index in [2.05, 4.69) is 109 Å². The molecule has 0 saturated heterocycles. The maximum atomic E-state index is 12.3. The second kappa shape index (κ2) is 18.7. The predicted octanol–water partition coefficient (Wildman–Crippen LogP) is 11.9. The minimum atomic E-state index is 0. The molecule has 1 aliphatic carbocycles. The second-order valence-corrected chi connectivity index (χ2v) is 14.2. The van der Waals surface area contributed by atoms with Crippen molar-refractivity contribution < 1.29 is 30.0 Å². The van der Waals surface area contributed by atoms with E-state index in [-0.39, 0.29) is 37.7 Å². The molecule has 3 nitrogen and oxygen atoms in total. The molecule has 1 radical (unpaired) electrons. The van der Waals surface area contributed by atoms with Crippen LogP contribution in [0, 0.1) is 35.7 Å². The van der Waals surface area contributed by atoms with Gasteiger partial charge in [0.25, 0.3) is 0 Å². The number of aromatic nitrogens is 1. The Kier molecular flexibility index (Phi) is 15.3. The van der Waals surface area contributed by atoms with Crippen LogP contribution in [0.15, 0.2) is 72.6 Å². The van der Waals surface area contributed by atoms with Crippen LogP contribution in [-0.4, -0.2) is 15.9 Å². The van der Waals surface area contributed by atoms with Crippen LogP contribution in [-0.2, 0) is 37.7 Å². The molecule has 1 fully saturated rings. The SMILES string of the molecule is CC(C)Cc1[c-]c(-c2nccc3c2ccc2ccccc23)cc(CC(C)C)c1.CCC(CC)/C(O)=C/C(=O)C(CC)C1CCCC1.[Ir]. The fraction of sp³-hybridized carbons (Fsp3) is 0.488. The summed E-state index contributed by atoms with van der Waals surface area (Å²) in [6, 6.07) is 23.4. The molecule has 0 aliphatic heterocycles.